The first-order valence-electron chi connectivity index (χ1n) is 7.91. The highest BCUT2D eigenvalue weighted by Crippen LogP contribution is 2.35. The lowest BCUT2D eigenvalue weighted by Gasteiger charge is -2.17. The Morgan fingerprint density at radius 1 is 1.25 bits per heavy atom. The predicted molar refractivity (Wildman–Crippen MR) is 92.6 cm³/mol. The van der Waals surface area contributed by atoms with Crippen molar-refractivity contribution in [3.05, 3.63) is 54.4 Å². The molecule has 2 aromatic heterocycles. The van der Waals surface area contributed by atoms with Gasteiger partial charge in [-0.05, 0) is 30.5 Å². The second-order valence-electron chi connectivity index (χ2n) is 6.22. The Morgan fingerprint density at radius 3 is 2.83 bits per heavy atom. The van der Waals surface area contributed by atoms with Gasteiger partial charge in [0.15, 0.2) is 5.82 Å². The Hall–Kier alpha value is -2.18. The van der Waals surface area contributed by atoms with Crippen LogP contribution in [0.2, 0.25) is 0 Å². The summed E-state index contributed by atoms with van der Waals surface area (Å²) in [6.45, 7) is 0.760. The van der Waals surface area contributed by atoms with Crippen LogP contribution in [0.25, 0.3) is 11.5 Å². The van der Waals surface area contributed by atoms with Gasteiger partial charge < -0.3 is 14.8 Å². The van der Waals surface area contributed by atoms with E-state index in [4.69, 9.17) is 10.3 Å². The summed E-state index contributed by atoms with van der Waals surface area (Å²) in [7, 11) is 0. The van der Waals surface area contributed by atoms with Gasteiger partial charge in [-0.1, -0.05) is 30.1 Å². The van der Waals surface area contributed by atoms with E-state index in [9.17, 15) is 0 Å². The molecule has 0 radical (unpaired) electrons. The number of nitrogens with zero attached hydrogens (tertiary/aromatic N) is 4. The van der Waals surface area contributed by atoms with Crippen molar-refractivity contribution >= 4 is 12.4 Å². The van der Waals surface area contributed by atoms with Crippen LogP contribution in [0.1, 0.15) is 37.1 Å². The third-order valence-electron chi connectivity index (χ3n) is 4.47. The zero-order valence-electron chi connectivity index (χ0n) is 13.3. The fraction of sp³-hybridized carbons (Fsp3) is 0.353. The Kier molecular flexibility index (Phi) is 4.69. The molecular formula is C17H20ClN5O. The first-order chi connectivity index (χ1) is 11.2. The first kappa shape index (κ1) is 16.7. The van der Waals surface area contributed by atoms with Gasteiger partial charge in [-0.3, -0.25) is 0 Å². The van der Waals surface area contributed by atoms with Gasteiger partial charge >= 0.3 is 0 Å². The van der Waals surface area contributed by atoms with Crippen LogP contribution < -0.4 is 5.73 Å². The first-order valence-corrected chi connectivity index (χ1v) is 7.91. The molecule has 1 aliphatic carbocycles. The topological polar surface area (TPSA) is 82.8 Å². The number of benzene rings is 1. The number of imidazole rings is 1. The standard InChI is InChI=1S/C17H19N5O.ClH/c18-17(6-1-2-7-17)16-20-15(23-21-16)14-5-3-4-13(10-14)11-22-9-8-19-12-22;/h3-5,8-10,12H,1-2,6-7,11,18H2;1H. The lowest BCUT2D eigenvalue weighted by atomic mass is 9.98. The Morgan fingerprint density at radius 2 is 2.08 bits per heavy atom. The molecule has 2 heterocycles. The molecule has 3 aromatic rings. The molecule has 6 nitrogen and oxygen atoms in total. The molecule has 126 valence electrons. The molecule has 1 aromatic carbocycles. The molecule has 0 bridgehead atoms. The minimum atomic E-state index is -0.420. The van der Waals surface area contributed by atoms with Gasteiger partial charge in [-0.2, -0.15) is 4.98 Å². The predicted octanol–water partition coefficient (Wildman–Crippen LogP) is 3.13. The van der Waals surface area contributed by atoms with Crippen molar-refractivity contribution in [1.29, 1.82) is 0 Å². The minimum absolute atomic E-state index is 0. The van der Waals surface area contributed by atoms with E-state index in [-0.39, 0.29) is 12.4 Å². The molecule has 24 heavy (non-hydrogen) atoms. The van der Waals surface area contributed by atoms with Gasteiger partial charge in [0.1, 0.15) is 0 Å². The highest BCUT2D eigenvalue weighted by atomic mass is 35.5. The Labute approximate surface area is 146 Å². The SMILES string of the molecule is Cl.NC1(c2noc(-c3cccc(Cn4ccnc4)c3)n2)CCCC1. The normalized spacial score (nSPS) is 16.0. The largest absolute Gasteiger partial charge is 0.334 e. The monoisotopic (exact) mass is 345 g/mol. The highest BCUT2D eigenvalue weighted by Gasteiger charge is 2.36. The van der Waals surface area contributed by atoms with E-state index in [0.29, 0.717) is 11.7 Å². The Bertz CT molecular complexity index is 793. The number of hydrogen-bond donors (Lipinski definition) is 1. The number of halogens is 1. The molecule has 0 amide bonds. The molecule has 1 saturated carbocycles. The summed E-state index contributed by atoms with van der Waals surface area (Å²) in [6, 6.07) is 8.11. The number of aromatic nitrogens is 4. The summed E-state index contributed by atoms with van der Waals surface area (Å²) >= 11 is 0. The maximum absolute atomic E-state index is 6.40. The fourth-order valence-electron chi connectivity index (χ4n) is 3.17. The molecule has 0 unspecified atom stereocenters. The van der Waals surface area contributed by atoms with Crippen LogP contribution in [0.5, 0.6) is 0 Å². The van der Waals surface area contributed by atoms with Crippen molar-refractivity contribution in [2.24, 2.45) is 5.73 Å². The van der Waals surface area contributed by atoms with Crippen LogP contribution in [0.4, 0.5) is 0 Å². The van der Waals surface area contributed by atoms with E-state index < -0.39 is 5.54 Å². The maximum Gasteiger partial charge on any atom is 0.258 e. The van der Waals surface area contributed by atoms with Gasteiger partial charge in [0, 0.05) is 24.5 Å². The molecule has 0 aliphatic heterocycles. The second-order valence-corrected chi connectivity index (χ2v) is 6.22. The van der Waals surface area contributed by atoms with Crippen molar-refractivity contribution in [3.8, 4) is 11.5 Å². The van der Waals surface area contributed by atoms with Crippen LogP contribution in [-0.2, 0) is 12.1 Å². The lowest BCUT2D eigenvalue weighted by molar-refractivity contribution is 0.372. The van der Waals surface area contributed by atoms with Crippen molar-refractivity contribution in [2.75, 3.05) is 0 Å². The van der Waals surface area contributed by atoms with Crippen molar-refractivity contribution in [2.45, 2.75) is 37.8 Å². The smallest absolute Gasteiger partial charge is 0.258 e. The van der Waals surface area contributed by atoms with Crippen LogP contribution >= 0.6 is 12.4 Å². The van der Waals surface area contributed by atoms with E-state index in [1.54, 1.807) is 12.5 Å². The van der Waals surface area contributed by atoms with Crippen LogP contribution in [-0.4, -0.2) is 19.7 Å². The molecule has 0 saturated heterocycles. The molecule has 1 aliphatic rings. The van der Waals surface area contributed by atoms with Crippen LogP contribution in [0, 0.1) is 0 Å². The molecule has 1 fully saturated rings. The summed E-state index contributed by atoms with van der Waals surface area (Å²) in [4.78, 5) is 8.61. The Balaban J connectivity index is 0.00000169. The highest BCUT2D eigenvalue weighted by molar-refractivity contribution is 5.85. The number of hydrogen-bond acceptors (Lipinski definition) is 5. The number of nitrogens with two attached hydrogens (primary N) is 1. The summed E-state index contributed by atoms with van der Waals surface area (Å²) in [6.07, 6.45) is 9.61. The zero-order valence-corrected chi connectivity index (χ0v) is 14.1. The number of rotatable bonds is 4. The minimum Gasteiger partial charge on any atom is -0.334 e. The summed E-state index contributed by atoms with van der Waals surface area (Å²) in [5, 5.41) is 4.13. The second kappa shape index (κ2) is 6.75. The van der Waals surface area contributed by atoms with E-state index in [0.717, 1.165) is 43.4 Å². The van der Waals surface area contributed by atoms with Crippen molar-refractivity contribution in [3.63, 3.8) is 0 Å². The van der Waals surface area contributed by atoms with Gasteiger partial charge in [0.05, 0.1) is 11.9 Å². The van der Waals surface area contributed by atoms with Crippen LogP contribution in [0.3, 0.4) is 0 Å². The van der Waals surface area contributed by atoms with E-state index in [1.165, 1.54) is 0 Å². The average Bonchev–Trinajstić information content (AvgIpc) is 3.29. The summed E-state index contributed by atoms with van der Waals surface area (Å²) < 4.78 is 7.48. The van der Waals surface area contributed by atoms with E-state index in [2.05, 4.69) is 27.3 Å². The van der Waals surface area contributed by atoms with Gasteiger partial charge in [0.2, 0.25) is 0 Å². The van der Waals surface area contributed by atoms with E-state index in [1.807, 2.05) is 22.9 Å². The third-order valence-corrected chi connectivity index (χ3v) is 4.47. The summed E-state index contributed by atoms with van der Waals surface area (Å²) in [5.41, 5.74) is 8.05. The molecule has 7 heteroatoms. The van der Waals surface area contributed by atoms with Crippen LogP contribution in [0.15, 0.2) is 47.5 Å². The molecule has 2 N–H and O–H groups in total. The zero-order chi connectivity index (χ0) is 15.7. The fourth-order valence-corrected chi connectivity index (χ4v) is 3.17. The third kappa shape index (κ3) is 3.20. The van der Waals surface area contributed by atoms with Crippen molar-refractivity contribution in [1.82, 2.24) is 19.7 Å². The van der Waals surface area contributed by atoms with Gasteiger partial charge in [-0.25, -0.2) is 4.98 Å². The summed E-state index contributed by atoms with van der Waals surface area (Å²) in [5.74, 6) is 1.16. The average molecular weight is 346 g/mol. The molecule has 4 rings (SSSR count). The lowest BCUT2D eigenvalue weighted by Crippen LogP contribution is -2.34. The van der Waals surface area contributed by atoms with Crippen molar-refractivity contribution < 1.29 is 4.52 Å². The maximum atomic E-state index is 6.40. The van der Waals surface area contributed by atoms with Gasteiger partial charge in [0.25, 0.3) is 5.89 Å². The molecular weight excluding hydrogens is 326 g/mol. The molecule has 0 spiro atoms. The molecule has 0 atom stereocenters. The quantitative estimate of drug-likeness (QED) is 0.785. The van der Waals surface area contributed by atoms with Gasteiger partial charge in [-0.15, -0.1) is 12.4 Å². The van der Waals surface area contributed by atoms with E-state index >= 15 is 0 Å².